The van der Waals surface area contributed by atoms with Crippen molar-refractivity contribution in [1.29, 1.82) is 5.53 Å². The van der Waals surface area contributed by atoms with Crippen LogP contribution in [0.2, 0.25) is 0 Å². The Bertz CT molecular complexity index is 897. The summed E-state index contributed by atoms with van der Waals surface area (Å²) in [5.74, 6) is 1.32. The highest BCUT2D eigenvalue weighted by Crippen LogP contribution is 2.38. The summed E-state index contributed by atoms with van der Waals surface area (Å²) in [6, 6.07) is 3.80. The third-order valence-corrected chi connectivity index (χ3v) is 6.48. The molecule has 1 atom stereocenters. The maximum atomic E-state index is 11.5. The summed E-state index contributed by atoms with van der Waals surface area (Å²) in [7, 11) is 0. The first-order chi connectivity index (χ1) is 14.2. The van der Waals surface area contributed by atoms with E-state index in [9.17, 15) is 4.79 Å². The van der Waals surface area contributed by atoms with E-state index in [-0.39, 0.29) is 5.91 Å². The fraction of sp³-hybridized carbons (Fsp3) is 0.636. The van der Waals surface area contributed by atoms with Gasteiger partial charge in [0.05, 0.1) is 16.8 Å². The number of hydrogen-bond acceptors (Lipinski definition) is 7. The average molecular weight is 432 g/mol. The van der Waals surface area contributed by atoms with Gasteiger partial charge in [0, 0.05) is 39.2 Å². The first-order valence-corrected chi connectivity index (χ1v) is 11.4. The number of anilines is 1. The van der Waals surface area contributed by atoms with Crippen molar-refractivity contribution < 1.29 is 9.53 Å². The summed E-state index contributed by atoms with van der Waals surface area (Å²) in [5.41, 5.74) is 9.27. The largest absolute Gasteiger partial charge is 0.491 e. The molecule has 0 saturated carbocycles. The molecule has 1 aromatic heterocycles. The van der Waals surface area contributed by atoms with Crippen LogP contribution in [0.15, 0.2) is 17.2 Å². The van der Waals surface area contributed by atoms with E-state index < -0.39 is 0 Å². The highest BCUT2D eigenvalue weighted by molar-refractivity contribution is 7.22. The van der Waals surface area contributed by atoms with Gasteiger partial charge in [-0.25, -0.2) is 10.5 Å². The van der Waals surface area contributed by atoms with Crippen LogP contribution in [0.3, 0.4) is 0 Å². The van der Waals surface area contributed by atoms with Gasteiger partial charge in [-0.2, -0.15) is 5.11 Å². The number of amides is 1. The van der Waals surface area contributed by atoms with Gasteiger partial charge in [0.1, 0.15) is 11.4 Å². The van der Waals surface area contributed by atoms with Crippen LogP contribution in [0, 0.1) is 16.9 Å². The first-order valence-electron chi connectivity index (χ1n) is 10.6. The monoisotopic (exact) mass is 431 g/mol. The molecule has 1 unspecified atom stereocenters. The number of piperazine rings is 1. The summed E-state index contributed by atoms with van der Waals surface area (Å²) in [5, 5.41) is 4.62. The van der Waals surface area contributed by atoms with Crippen LogP contribution in [-0.2, 0) is 4.79 Å². The van der Waals surface area contributed by atoms with Gasteiger partial charge in [-0.3, -0.25) is 4.79 Å². The van der Waals surface area contributed by atoms with Gasteiger partial charge in [-0.05, 0) is 30.2 Å². The molecule has 164 valence electrons. The Morgan fingerprint density at radius 3 is 2.60 bits per heavy atom. The number of hydrogen-bond donors (Lipinski definition) is 1. The number of thiazole rings is 1. The fourth-order valence-corrected chi connectivity index (χ4v) is 5.03. The number of benzene rings is 1. The molecule has 1 N–H and O–H groups in total. The van der Waals surface area contributed by atoms with Crippen molar-refractivity contribution in [2.45, 2.75) is 47.5 Å². The minimum absolute atomic E-state index is 0.124. The number of carbonyl (C=O) groups is 1. The van der Waals surface area contributed by atoms with E-state index in [4.69, 9.17) is 15.3 Å². The molecular weight excluding hydrogens is 398 g/mol. The lowest BCUT2D eigenvalue weighted by Gasteiger charge is -2.33. The molecule has 1 aromatic carbocycles. The van der Waals surface area contributed by atoms with Crippen LogP contribution in [0.5, 0.6) is 5.75 Å². The summed E-state index contributed by atoms with van der Waals surface area (Å²) >= 11 is 1.60. The molecular formula is C22H33N5O2S. The lowest BCUT2D eigenvalue weighted by molar-refractivity contribution is -0.129. The molecule has 1 amide bonds. The average Bonchev–Trinajstić information content (AvgIpc) is 3.08. The summed E-state index contributed by atoms with van der Waals surface area (Å²) in [6.07, 6.45) is 2.12. The third-order valence-electron chi connectivity index (χ3n) is 5.40. The normalized spacial score (nSPS) is 16.0. The summed E-state index contributed by atoms with van der Waals surface area (Å²) in [4.78, 5) is 20.4. The maximum Gasteiger partial charge on any atom is 0.219 e. The highest BCUT2D eigenvalue weighted by atomic mass is 32.1. The van der Waals surface area contributed by atoms with E-state index in [2.05, 4.69) is 37.7 Å². The van der Waals surface area contributed by atoms with Crippen LogP contribution >= 0.6 is 11.3 Å². The zero-order valence-electron chi connectivity index (χ0n) is 18.7. The van der Waals surface area contributed by atoms with E-state index in [1.807, 2.05) is 17.0 Å². The second-order valence-corrected chi connectivity index (χ2v) is 10.4. The zero-order chi connectivity index (χ0) is 21.9. The Hall–Kier alpha value is -2.22. The lowest BCUT2D eigenvalue weighted by atomic mass is 9.84. The van der Waals surface area contributed by atoms with Crippen molar-refractivity contribution in [2.75, 3.05) is 37.7 Å². The van der Waals surface area contributed by atoms with E-state index >= 15 is 0 Å². The highest BCUT2D eigenvalue weighted by Gasteiger charge is 2.22. The molecule has 1 aliphatic heterocycles. The quantitative estimate of drug-likeness (QED) is 0.590. The van der Waals surface area contributed by atoms with Crippen molar-refractivity contribution in [2.24, 2.45) is 16.4 Å². The van der Waals surface area contributed by atoms with E-state index in [1.165, 1.54) is 0 Å². The van der Waals surface area contributed by atoms with Gasteiger partial charge >= 0.3 is 0 Å². The molecule has 30 heavy (non-hydrogen) atoms. The van der Waals surface area contributed by atoms with Crippen LogP contribution < -0.4 is 9.64 Å². The Morgan fingerprint density at radius 2 is 2.00 bits per heavy atom. The summed E-state index contributed by atoms with van der Waals surface area (Å²) in [6.45, 7) is 14.3. The van der Waals surface area contributed by atoms with Gasteiger partial charge in [-0.15, -0.1) is 0 Å². The predicted molar refractivity (Wildman–Crippen MR) is 122 cm³/mol. The smallest absolute Gasteiger partial charge is 0.219 e. The van der Waals surface area contributed by atoms with Crippen molar-refractivity contribution in [3.8, 4) is 5.75 Å². The fourth-order valence-electron chi connectivity index (χ4n) is 4.00. The molecule has 2 heterocycles. The van der Waals surface area contributed by atoms with E-state index in [0.29, 0.717) is 29.4 Å². The zero-order valence-corrected chi connectivity index (χ0v) is 19.5. The van der Waals surface area contributed by atoms with Crippen LogP contribution in [0.1, 0.15) is 47.5 Å². The Labute approximate surface area is 182 Å². The number of rotatable bonds is 7. The number of aromatic nitrogens is 1. The van der Waals surface area contributed by atoms with Crippen LogP contribution in [0.25, 0.3) is 10.2 Å². The molecule has 0 bridgehead atoms. The molecule has 1 saturated heterocycles. The summed E-state index contributed by atoms with van der Waals surface area (Å²) < 4.78 is 7.01. The number of nitrogens with one attached hydrogen (secondary N) is 1. The van der Waals surface area contributed by atoms with Crippen LogP contribution in [-0.4, -0.2) is 48.6 Å². The number of carbonyl (C=O) groups excluding carboxylic acids is 1. The molecule has 3 rings (SSSR count). The molecule has 8 heteroatoms. The maximum absolute atomic E-state index is 11.5. The van der Waals surface area contributed by atoms with Gasteiger partial charge in [0.15, 0.2) is 5.13 Å². The van der Waals surface area contributed by atoms with Crippen molar-refractivity contribution in [1.82, 2.24) is 9.88 Å². The molecule has 2 aromatic rings. The minimum Gasteiger partial charge on any atom is -0.491 e. The Kier molecular flexibility index (Phi) is 6.95. The minimum atomic E-state index is 0.124. The predicted octanol–water partition coefficient (Wildman–Crippen LogP) is 5.47. The third kappa shape index (κ3) is 5.68. The molecule has 0 spiro atoms. The molecule has 1 aliphatic rings. The topological polar surface area (TPSA) is 81.9 Å². The standard InChI is InChI=1S/C22H33N5O2S/c1-15(14-22(3,4)5)6-11-29-19-12-18-20(13-17(19)25-23)30-21(24-18)27-9-7-26(8-10-27)16(2)28/h12-13,15,23H,6-11,14H2,1-5H3. The number of fused-ring (bicyclic) bond motifs is 1. The van der Waals surface area contributed by atoms with Crippen LogP contribution in [0.4, 0.5) is 10.8 Å². The van der Waals surface area contributed by atoms with Gasteiger partial charge in [0.2, 0.25) is 5.91 Å². The Balaban J connectivity index is 1.68. The molecule has 1 fully saturated rings. The van der Waals surface area contributed by atoms with E-state index in [0.717, 1.165) is 54.4 Å². The van der Waals surface area contributed by atoms with Crippen molar-refractivity contribution in [3.05, 3.63) is 12.1 Å². The Morgan fingerprint density at radius 1 is 1.30 bits per heavy atom. The molecule has 7 nitrogen and oxygen atoms in total. The van der Waals surface area contributed by atoms with Crippen molar-refractivity contribution >= 4 is 38.3 Å². The van der Waals surface area contributed by atoms with Gasteiger partial charge in [-0.1, -0.05) is 39.0 Å². The second kappa shape index (κ2) is 9.29. The molecule has 0 radical (unpaired) electrons. The van der Waals surface area contributed by atoms with E-state index in [1.54, 1.807) is 18.3 Å². The van der Waals surface area contributed by atoms with Gasteiger partial charge in [0.25, 0.3) is 0 Å². The van der Waals surface area contributed by atoms with Gasteiger partial charge < -0.3 is 14.5 Å². The van der Waals surface area contributed by atoms with Crippen molar-refractivity contribution in [3.63, 3.8) is 0 Å². The SMILES string of the molecule is CC(=O)N1CCN(c2nc3cc(OCCC(C)CC(C)(C)C)c(N=N)cc3s2)CC1. The second-order valence-electron chi connectivity index (χ2n) is 9.40. The number of ether oxygens (including phenoxy) is 1. The number of nitrogens with zero attached hydrogens (tertiary/aromatic N) is 4. The lowest BCUT2D eigenvalue weighted by Crippen LogP contribution is -2.48. The first kappa shape index (κ1) is 22.5. The molecule has 0 aliphatic carbocycles.